The summed E-state index contributed by atoms with van der Waals surface area (Å²) in [5, 5.41) is 0. The van der Waals surface area contributed by atoms with Crippen LogP contribution in [0.15, 0.2) is 36.6 Å². The molecule has 1 radical (unpaired) electrons. The van der Waals surface area contributed by atoms with Gasteiger partial charge in [-0.15, -0.1) is 0 Å². The molecule has 0 saturated heterocycles. The standard InChI is InChI=1S/C9H8O.Ba.Cu.Mg.O.2H/c1-2-6-9-8(4-1)5-3-7-10-9;;;;;;/h1-4,6-7H,5H2;;;;;;/q;;;+2;-2;;. The molecule has 0 unspecified atom stereocenters. The van der Waals surface area contributed by atoms with Gasteiger partial charge in [0.15, 0.2) is 0 Å². The summed E-state index contributed by atoms with van der Waals surface area (Å²) < 4.78 is 5.24. The molecular formula is C9H10BaCuMgO2. The summed E-state index contributed by atoms with van der Waals surface area (Å²) in [6, 6.07) is 8.08. The number of fused-ring (bicyclic) bond motifs is 1. The first-order valence-corrected chi connectivity index (χ1v) is 3.36. The van der Waals surface area contributed by atoms with Crippen LogP contribution in [0, 0.1) is 0 Å². The van der Waals surface area contributed by atoms with Gasteiger partial charge in [0, 0.05) is 17.1 Å². The van der Waals surface area contributed by atoms with E-state index in [0.717, 1.165) is 12.2 Å². The molecule has 1 aromatic rings. The SMILES string of the molecule is C1=COc2ccccc2C1.[BaH2].[Cu].[Mg+2].[O-2]. The molecule has 2 rings (SSSR count). The van der Waals surface area contributed by atoms with E-state index in [1.807, 2.05) is 24.3 Å². The van der Waals surface area contributed by atoms with Crippen molar-refractivity contribution in [1.29, 1.82) is 0 Å². The predicted molar refractivity (Wildman–Crippen MR) is 54.9 cm³/mol. The number of hydrogen-bond donors (Lipinski definition) is 0. The van der Waals surface area contributed by atoms with Crippen molar-refractivity contribution in [2.24, 2.45) is 0 Å². The summed E-state index contributed by atoms with van der Waals surface area (Å²) >= 11 is 0. The van der Waals surface area contributed by atoms with Crippen molar-refractivity contribution in [2.45, 2.75) is 6.42 Å². The van der Waals surface area contributed by atoms with Crippen molar-refractivity contribution >= 4 is 71.9 Å². The van der Waals surface area contributed by atoms with Gasteiger partial charge in [-0.05, 0) is 24.1 Å². The smallest absolute Gasteiger partial charge is 2.00 e. The van der Waals surface area contributed by atoms with Gasteiger partial charge in [-0.1, -0.05) is 18.2 Å². The minimum Gasteiger partial charge on any atom is -2.00 e. The molecule has 1 aliphatic rings. The van der Waals surface area contributed by atoms with E-state index in [0.29, 0.717) is 0 Å². The average molecular weight is 375 g/mol. The minimum atomic E-state index is 0. The molecule has 1 aromatic carbocycles. The van der Waals surface area contributed by atoms with Crippen LogP contribution >= 0.6 is 0 Å². The van der Waals surface area contributed by atoms with Crippen molar-refractivity contribution in [3.63, 3.8) is 0 Å². The van der Waals surface area contributed by atoms with Gasteiger partial charge in [0.05, 0.1) is 6.26 Å². The van der Waals surface area contributed by atoms with E-state index >= 15 is 0 Å². The second-order valence-corrected chi connectivity index (χ2v) is 2.30. The van der Waals surface area contributed by atoms with Crippen molar-refractivity contribution < 1.29 is 27.3 Å². The number of rotatable bonds is 0. The van der Waals surface area contributed by atoms with E-state index < -0.39 is 0 Å². The van der Waals surface area contributed by atoms with Crippen LogP contribution in [0.2, 0.25) is 0 Å². The van der Waals surface area contributed by atoms with Crippen LogP contribution < -0.4 is 4.74 Å². The quantitative estimate of drug-likeness (QED) is 0.616. The molecule has 0 bridgehead atoms. The van der Waals surface area contributed by atoms with Gasteiger partial charge >= 0.3 is 71.9 Å². The number of ether oxygens (including phenoxy) is 1. The number of para-hydroxylation sites is 1. The molecule has 5 heteroatoms. The van der Waals surface area contributed by atoms with Crippen molar-refractivity contribution in [3.05, 3.63) is 42.2 Å². The zero-order valence-corrected chi connectivity index (χ0v) is 9.35. The molecule has 0 spiro atoms. The Hall–Kier alpha value is 1.58. The molecule has 14 heavy (non-hydrogen) atoms. The van der Waals surface area contributed by atoms with Gasteiger partial charge in [0.2, 0.25) is 0 Å². The Morgan fingerprint density at radius 3 is 2.43 bits per heavy atom. The molecule has 1 aliphatic heterocycles. The van der Waals surface area contributed by atoms with Gasteiger partial charge in [-0.3, -0.25) is 0 Å². The van der Waals surface area contributed by atoms with E-state index in [1.54, 1.807) is 6.26 Å². The van der Waals surface area contributed by atoms with Crippen molar-refractivity contribution in [3.8, 4) is 5.75 Å². The van der Waals surface area contributed by atoms with Gasteiger partial charge in [0.1, 0.15) is 5.75 Å². The van der Waals surface area contributed by atoms with E-state index in [2.05, 4.69) is 6.07 Å². The van der Waals surface area contributed by atoms with Crippen LogP contribution in [-0.4, -0.2) is 71.9 Å². The maximum absolute atomic E-state index is 5.24. The molecule has 1 heterocycles. The fraction of sp³-hybridized carbons (Fsp3) is 0.111. The third-order valence-electron chi connectivity index (χ3n) is 1.60. The van der Waals surface area contributed by atoms with Crippen LogP contribution in [0.4, 0.5) is 0 Å². The number of hydrogen-bond acceptors (Lipinski definition) is 1. The Bertz CT molecular complexity index is 254. The summed E-state index contributed by atoms with van der Waals surface area (Å²) in [6.45, 7) is 0. The Balaban J connectivity index is -0.000000302. The number of benzene rings is 1. The predicted octanol–water partition coefficient (Wildman–Crippen LogP) is 0.717. The van der Waals surface area contributed by atoms with Crippen molar-refractivity contribution in [2.75, 3.05) is 0 Å². The first-order valence-electron chi connectivity index (χ1n) is 3.36. The molecule has 0 N–H and O–H groups in total. The minimum absolute atomic E-state index is 0. The zero-order chi connectivity index (χ0) is 6.81. The summed E-state index contributed by atoms with van der Waals surface area (Å²) in [5.41, 5.74) is 1.27. The Kier molecular flexibility index (Phi) is 16.6. The Morgan fingerprint density at radius 2 is 1.79 bits per heavy atom. The third kappa shape index (κ3) is 5.60. The normalized spacial score (nSPS) is 10.0. The maximum Gasteiger partial charge on any atom is 2.00 e. The number of allylic oxidation sites excluding steroid dienone is 1. The summed E-state index contributed by atoms with van der Waals surface area (Å²) in [6.07, 6.45) is 4.75. The van der Waals surface area contributed by atoms with Gasteiger partial charge < -0.3 is 10.2 Å². The fourth-order valence-electron chi connectivity index (χ4n) is 1.08. The van der Waals surface area contributed by atoms with Crippen LogP contribution in [0.25, 0.3) is 0 Å². The Labute approximate surface area is 151 Å². The van der Waals surface area contributed by atoms with Crippen LogP contribution in [0.1, 0.15) is 5.56 Å². The van der Waals surface area contributed by atoms with E-state index in [4.69, 9.17) is 4.74 Å². The second-order valence-electron chi connectivity index (χ2n) is 2.30. The van der Waals surface area contributed by atoms with E-state index in [9.17, 15) is 0 Å². The van der Waals surface area contributed by atoms with E-state index in [-0.39, 0.29) is 94.5 Å². The largest absolute Gasteiger partial charge is 2.00 e. The van der Waals surface area contributed by atoms with Crippen LogP contribution in [0.3, 0.4) is 0 Å². The van der Waals surface area contributed by atoms with Crippen LogP contribution in [0.5, 0.6) is 5.75 Å². The van der Waals surface area contributed by atoms with Gasteiger partial charge in [-0.25, -0.2) is 0 Å². The molecular weight excluding hydrogens is 365 g/mol. The fourth-order valence-corrected chi connectivity index (χ4v) is 1.08. The van der Waals surface area contributed by atoms with Crippen molar-refractivity contribution in [1.82, 2.24) is 0 Å². The molecule has 0 aromatic heterocycles. The average Bonchev–Trinajstić information content (AvgIpc) is 2.05. The first-order chi connectivity index (χ1) is 4.97. The maximum atomic E-state index is 5.24. The summed E-state index contributed by atoms with van der Waals surface area (Å²) in [5.74, 6) is 0.991. The Morgan fingerprint density at radius 1 is 1.14 bits per heavy atom. The molecule has 0 atom stereocenters. The zero-order valence-electron chi connectivity index (χ0n) is 7.00. The molecule has 0 fully saturated rings. The van der Waals surface area contributed by atoms with E-state index in [1.165, 1.54) is 5.56 Å². The second kappa shape index (κ2) is 11.1. The first kappa shape index (κ1) is 20.9. The van der Waals surface area contributed by atoms with Gasteiger partial charge in [-0.2, -0.15) is 0 Å². The van der Waals surface area contributed by atoms with Gasteiger partial charge in [0.25, 0.3) is 0 Å². The molecule has 0 amide bonds. The third-order valence-corrected chi connectivity index (χ3v) is 1.60. The molecule has 73 valence electrons. The monoisotopic (exact) mass is 375 g/mol. The van der Waals surface area contributed by atoms with Crippen LogP contribution in [-0.2, 0) is 29.0 Å². The summed E-state index contributed by atoms with van der Waals surface area (Å²) in [4.78, 5) is 0. The molecule has 0 saturated carbocycles. The molecule has 0 aliphatic carbocycles. The summed E-state index contributed by atoms with van der Waals surface area (Å²) in [7, 11) is 0. The topological polar surface area (TPSA) is 37.7 Å². The molecule has 2 nitrogen and oxygen atoms in total.